The molecule has 2 aromatic heterocycles. The van der Waals surface area contributed by atoms with Crippen molar-refractivity contribution >= 4 is 28.7 Å². The van der Waals surface area contributed by atoms with Gasteiger partial charge in [-0.3, -0.25) is 4.79 Å². The fourth-order valence-electron chi connectivity index (χ4n) is 2.25. The van der Waals surface area contributed by atoms with E-state index in [0.29, 0.717) is 11.1 Å². The van der Waals surface area contributed by atoms with Crippen molar-refractivity contribution < 1.29 is 18.0 Å². The number of carbonyl (C=O) groups excluding carboxylic acids is 1. The third-order valence-electron chi connectivity index (χ3n) is 3.43. The summed E-state index contributed by atoms with van der Waals surface area (Å²) in [7, 11) is 0. The molecule has 2 heterocycles. The van der Waals surface area contributed by atoms with Crippen LogP contribution in [0.15, 0.2) is 54.2 Å². The van der Waals surface area contributed by atoms with Gasteiger partial charge in [0.05, 0.1) is 23.0 Å². The Morgan fingerprint density at radius 1 is 1.26 bits per heavy atom. The highest BCUT2D eigenvalue weighted by Gasteiger charge is 2.36. The van der Waals surface area contributed by atoms with Gasteiger partial charge in [-0.05, 0) is 12.1 Å². The molecule has 3 rings (SSSR count). The Balaban J connectivity index is 2.03. The number of carbonyl (C=O) groups is 1. The number of nitrogens with zero attached hydrogens (tertiary/aromatic N) is 4. The van der Waals surface area contributed by atoms with Crippen LogP contribution in [0.3, 0.4) is 0 Å². The highest BCUT2D eigenvalue weighted by molar-refractivity contribution is 8.00. The highest BCUT2D eigenvalue weighted by atomic mass is 32.2. The molecule has 140 valence electrons. The molecule has 0 unspecified atom stereocenters. The summed E-state index contributed by atoms with van der Waals surface area (Å²) in [6, 6.07) is 8.69. The summed E-state index contributed by atoms with van der Waals surface area (Å²) in [5.74, 6) is -1.70. The lowest BCUT2D eigenvalue weighted by Gasteiger charge is -2.09. The van der Waals surface area contributed by atoms with Crippen molar-refractivity contribution in [1.82, 2.24) is 25.1 Å². The van der Waals surface area contributed by atoms with E-state index in [0.717, 1.165) is 11.8 Å². The van der Waals surface area contributed by atoms with Crippen LogP contribution < -0.4 is 5.32 Å². The van der Waals surface area contributed by atoms with E-state index in [4.69, 9.17) is 0 Å². The molecule has 0 atom stereocenters. The van der Waals surface area contributed by atoms with Gasteiger partial charge < -0.3 is 5.32 Å². The van der Waals surface area contributed by atoms with Gasteiger partial charge in [0.25, 0.3) is 0 Å². The number of aromatic nitrogens is 4. The van der Waals surface area contributed by atoms with Crippen LogP contribution in [0.1, 0.15) is 5.82 Å². The van der Waals surface area contributed by atoms with Crippen molar-refractivity contribution in [2.24, 2.45) is 0 Å². The van der Waals surface area contributed by atoms with E-state index in [1.807, 2.05) is 0 Å². The maximum atomic E-state index is 13.2. The topological polar surface area (TPSA) is 72.7 Å². The summed E-state index contributed by atoms with van der Waals surface area (Å²) in [6.07, 6.45) is -1.82. The molecule has 1 N–H and O–H groups in total. The quantitative estimate of drug-likeness (QED) is 0.396. The first kappa shape index (κ1) is 18.9. The number of alkyl halides is 3. The second-order valence-electron chi connectivity index (χ2n) is 5.36. The van der Waals surface area contributed by atoms with Gasteiger partial charge >= 0.3 is 6.18 Å². The van der Waals surface area contributed by atoms with Crippen LogP contribution in [0.5, 0.6) is 0 Å². The molecule has 1 aromatic carbocycles. The molecule has 27 heavy (non-hydrogen) atoms. The lowest BCUT2D eigenvalue weighted by Crippen LogP contribution is -2.25. The molecular formula is C17H14F3N5OS. The lowest BCUT2D eigenvalue weighted by atomic mass is 10.3. The van der Waals surface area contributed by atoms with Gasteiger partial charge in [0.2, 0.25) is 11.7 Å². The molecule has 3 aromatic rings. The maximum Gasteiger partial charge on any atom is 0.451 e. The molecule has 0 saturated carbocycles. The van der Waals surface area contributed by atoms with Gasteiger partial charge in [-0.1, -0.05) is 36.0 Å². The van der Waals surface area contributed by atoms with Crippen molar-refractivity contribution in [2.75, 3.05) is 12.3 Å². The first-order chi connectivity index (χ1) is 12.9. The Morgan fingerprint density at radius 2 is 2.00 bits per heavy atom. The van der Waals surface area contributed by atoms with Crippen molar-refractivity contribution in [1.29, 1.82) is 0 Å². The molecule has 0 radical (unpaired) electrons. The molecule has 0 fully saturated rings. The standard InChI is InChI=1S/C17H14F3N5OS/c1-2-8-21-13(26)10-27-15-12-9-22-25(11-6-4-3-5-7-11)14(12)23-16(24-15)17(18,19)20/h2-7,9H,1,8,10H2,(H,21,26). The second kappa shape index (κ2) is 7.78. The lowest BCUT2D eigenvalue weighted by molar-refractivity contribution is -0.145. The second-order valence-corrected chi connectivity index (χ2v) is 6.32. The van der Waals surface area contributed by atoms with E-state index < -0.39 is 12.0 Å². The van der Waals surface area contributed by atoms with E-state index in [1.54, 1.807) is 30.3 Å². The third kappa shape index (κ3) is 4.27. The average Bonchev–Trinajstić information content (AvgIpc) is 3.08. The predicted molar refractivity (Wildman–Crippen MR) is 95.6 cm³/mol. The minimum atomic E-state index is -4.72. The summed E-state index contributed by atoms with van der Waals surface area (Å²) in [6.45, 7) is 3.76. The normalized spacial score (nSPS) is 11.5. The van der Waals surface area contributed by atoms with Crippen molar-refractivity contribution in [2.45, 2.75) is 11.2 Å². The van der Waals surface area contributed by atoms with Gasteiger partial charge in [0, 0.05) is 6.54 Å². The number of para-hydroxylation sites is 1. The van der Waals surface area contributed by atoms with E-state index >= 15 is 0 Å². The number of nitrogens with one attached hydrogen (secondary N) is 1. The highest BCUT2D eigenvalue weighted by Crippen LogP contribution is 2.32. The van der Waals surface area contributed by atoms with E-state index in [9.17, 15) is 18.0 Å². The third-order valence-corrected chi connectivity index (χ3v) is 4.42. The number of fused-ring (bicyclic) bond motifs is 1. The first-order valence-corrected chi connectivity index (χ1v) is 8.77. The maximum absolute atomic E-state index is 13.2. The van der Waals surface area contributed by atoms with E-state index in [2.05, 4.69) is 27.0 Å². The zero-order chi connectivity index (χ0) is 19.4. The Kier molecular flexibility index (Phi) is 5.45. The van der Waals surface area contributed by atoms with E-state index in [-0.39, 0.29) is 28.9 Å². The van der Waals surface area contributed by atoms with Crippen molar-refractivity contribution in [3.63, 3.8) is 0 Å². The summed E-state index contributed by atoms with van der Waals surface area (Å²) >= 11 is 0.896. The average molecular weight is 393 g/mol. The fraction of sp³-hybridized carbons (Fsp3) is 0.176. The molecule has 0 bridgehead atoms. The Bertz CT molecular complexity index is 972. The first-order valence-electron chi connectivity index (χ1n) is 7.79. The van der Waals surface area contributed by atoms with Gasteiger partial charge in [-0.25, -0.2) is 14.6 Å². The smallest absolute Gasteiger partial charge is 0.352 e. The van der Waals surface area contributed by atoms with E-state index in [1.165, 1.54) is 17.0 Å². The molecule has 6 nitrogen and oxygen atoms in total. The van der Waals surface area contributed by atoms with Gasteiger partial charge in [-0.15, -0.1) is 6.58 Å². The minimum absolute atomic E-state index is 0.0255. The molecule has 0 aliphatic rings. The molecule has 0 spiro atoms. The summed E-state index contributed by atoms with van der Waals surface area (Å²) < 4.78 is 41.1. The molecule has 0 aliphatic carbocycles. The SMILES string of the molecule is C=CCNC(=O)CSc1nc(C(F)(F)F)nc2c1cnn2-c1ccccc1. The van der Waals surface area contributed by atoms with Crippen LogP contribution in [0.4, 0.5) is 13.2 Å². The van der Waals surface area contributed by atoms with Crippen LogP contribution in [-0.4, -0.2) is 38.0 Å². The Morgan fingerprint density at radius 3 is 2.67 bits per heavy atom. The van der Waals surface area contributed by atoms with Gasteiger partial charge in [0.1, 0.15) is 5.03 Å². The number of amides is 1. The molecule has 0 saturated heterocycles. The van der Waals surface area contributed by atoms with Crippen LogP contribution in [0, 0.1) is 0 Å². The van der Waals surface area contributed by atoms with Crippen molar-refractivity contribution in [3.8, 4) is 5.69 Å². The van der Waals surface area contributed by atoms with Gasteiger partial charge in [0.15, 0.2) is 5.65 Å². The van der Waals surface area contributed by atoms with Crippen LogP contribution in [-0.2, 0) is 11.0 Å². The summed E-state index contributed by atoms with van der Waals surface area (Å²) in [4.78, 5) is 19.0. The molecule has 1 amide bonds. The van der Waals surface area contributed by atoms with Crippen LogP contribution in [0.2, 0.25) is 0 Å². The predicted octanol–water partition coefficient (Wildman–Crippen LogP) is 3.23. The molecular weight excluding hydrogens is 379 g/mol. The number of rotatable bonds is 6. The minimum Gasteiger partial charge on any atom is -0.352 e. The zero-order valence-electron chi connectivity index (χ0n) is 13.9. The van der Waals surface area contributed by atoms with Gasteiger partial charge in [-0.2, -0.15) is 18.3 Å². The number of halogens is 3. The monoisotopic (exact) mass is 393 g/mol. The van der Waals surface area contributed by atoms with Crippen molar-refractivity contribution in [3.05, 3.63) is 55.0 Å². The Labute approximate surface area is 156 Å². The number of thioether (sulfide) groups is 1. The number of hydrogen-bond donors (Lipinski definition) is 1. The summed E-state index contributed by atoms with van der Waals surface area (Å²) in [5, 5.41) is 7.09. The fourth-order valence-corrected chi connectivity index (χ4v) is 3.07. The zero-order valence-corrected chi connectivity index (χ0v) is 14.7. The number of benzene rings is 1. The summed E-state index contributed by atoms with van der Waals surface area (Å²) in [5.41, 5.74) is 0.594. The van der Waals surface area contributed by atoms with Crippen LogP contribution in [0.25, 0.3) is 16.7 Å². The molecule has 10 heteroatoms. The number of hydrogen-bond acceptors (Lipinski definition) is 5. The molecule has 0 aliphatic heterocycles. The Hall–Kier alpha value is -2.88. The van der Waals surface area contributed by atoms with Crippen LogP contribution >= 0.6 is 11.8 Å². The largest absolute Gasteiger partial charge is 0.451 e.